The Morgan fingerprint density at radius 2 is 1.88 bits per heavy atom. The molecule has 0 unspecified atom stereocenters. The van der Waals surface area contributed by atoms with Crippen LogP contribution >= 0.6 is 0 Å². The van der Waals surface area contributed by atoms with Crippen LogP contribution in [0.1, 0.15) is 40.5 Å². The minimum atomic E-state index is -0.379. The number of carbonyl (C=O) groups is 2. The Balaban J connectivity index is 3.65. The van der Waals surface area contributed by atoms with E-state index in [1.165, 1.54) is 0 Å². The summed E-state index contributed by atoms with van der Waals surface area (Å²) in [6.45, 7) is 8.40. The van der Waals surface area contributed by atoms with Crippen molar-refractivity contribution in [3.63, 3.8) is 0 Å². The fourth-order valence-corrected chi connectivity index (χ4v) is 1.12. The number of amides is 2. The molecule has 0 spiro atoms. The number of nitrogens with two attached hydrogens (primary N) is 1. The zero-order chi connectivity index (χ0) is 13.5. The van der Waals surface area contributed by atoms with E-state index in [9.17, 15) is 9.59 Å². The minimum absolute atomic E-state index is 0.00617. The predicted octanol–water partition coefficient (Wildman–Crippen LogP) is 0.392. The van der Waals surface area contributed by atoms with E-state index in [0.29, 0.717) is 25.9 Å². The van der Waals surface area contributed by atoms with E-state index in [1.807, 2.05) is 27.7 Å². The first kappa shape index (κ1) is 15.9. The summed E-state index contributed by atoms with van der Waals surface area (Å²) in [5.41, 5.74) is 5.01. The summed E-state index contributed by atoms with van der Waals surface area (Å²) in [7, 11) is 0. The van der Waals surface area contributed by atoms with Gasteiger partial charge in [0.25, 0.3) is 0 Å². The average Bonchev–Trinajstić information content (AvgIpc) is 2.22. The molecule has 0 saturated carbocycles. The number of carbonyl (C=O) groups excluding carboxylic acids is 2. The Kier molecular flexibility index (Phi) is 6.80. The summed E-state index contributed by atoms with van der Waals surface area (Å²) in [6, 6.07) is 0.00617. The summed E-state index contributed by atoms with van der Waals surface area (Å²) in [4.78, 5) is 22.9. The molecule has 0 aromatic carbocycles. The molecule has 17 heavy (non-hydrogen) atoms. The number of hydrogen-bond donors (Lipinski definition) is 3. The van der Waals surface area contributed by atoms with Crippen molar-refractivity contribution in [2.24, 2.45) is 11.1 Å². The first-order valence-corrected chi connectivity index (χ1v) is 6.05. The summed E-state index contributed by atoms with van der Waals surface area (Å²) < 4.78 is 0. The van der Waals surface area contributed by atoms with Gasteiger partial charge in [-0.1, -0.05) is 20.8 Å². The molecule has 0 aromatic rings. The minimum Gasteiger partial charge on any atom is -0.356 e. The Hall–Kier alpha value is -1.10. The number of hydrogen-bond acceptors (Lipinski definition) is 3. The van der Waals surface area contributed by atoms with E-state index in [1.54, 1.807) is 0 Å². The van der Waals surface area contributed by atoms with Gasteiger partial charge in [0.1, 0.15) is 0 Å². The van der Waals surface area contributed by atoms with Gasteiger partial charge in [-0.3, -0.25) is 9.59 Å². The van der Waals surface area contributed by atoms with Crippen molar-refractivity contribution in [1.29, 1.82) is 0 Å². The molecule has 0 fully saturated rings. The first-order chi connectivity index (χ1) is 7.77. The van der Waals surface area contributed by atoms with Gasteiger partial charge in [-0.25, -0.2) is 0 Å². The quantitative estimate of drug-likeness (QED) is 0.590. The lowest BCUT2D eigenvalue weighted by Gasteiger charge is -2.17. The summed E-state index contributed by atoms with van der Waals surface area (Å²) in [5, 5.41) is 5.57. The van der Waals surface area contributed by atoms with Gasteiger partial charge in [0.2, 0.25) is 11.8 Å². The summed E-state index contributed by atoms with van der Waals surface area (Å²) >= 11 is 0. The average molecular weight is 243 g/mol. The molecule has 0 saturated heterocycles. The van der Waals surface area contributed by atoms with Crippen LogP contribution < -0.4 is 16.4 Å². The van der Waals surface area contributed by atoms with Gasteiger partial charge >= 0.3 is 0 Å². The highest BCUT2D eigenvalue weighted by Crippen LogP contribution is 2.12. The van der Waals surface area contributed by atoms with Crippen molar-refractivity contribution < 1.29 is 9.59 Å². The van der Waals surface area contributed by atoms with Crippen LogP contribution in [-0.4, -0.2) is 30.9 Å². The number of rotatable bonds is 6. The van der Waals surface area contributed by atoms with Crippen LogP contribution in [0.5, 0.6) is 0 Å². The second-order valence-corrected chi connectivity index (χ2v) is 5.31. The lowest BCUT2D eigenvalue weighted by Crippen LogP contribution is -2.38. The first-order valence-electron chi connectivity index (χ1n) is 6.05. The van der Waals surface area contributed by atoms with Crippen LogP contribution in [0.25, 0.3) is 0 Å². The van der Waals surface area contributed by atoms with E-state index in [2.05, 4.69) is 10.6 Å². The Morgan fingerprint density at radius 1 is 1.29 bits per heavy atom. The largest absolute Gasteiger partial charge is 0.356 e. The second kappa shape index (κ2) is 7.27. The van der Waals surface area contributed by atoms with Gasteiger partial charge in [-0.05, 0) is 13.3 Å². The third-order valence-corrected chi connectivity index (χ3v) is 2.31. The highest BCUT2D eigenvalue weighted by molar-refractivity contribution is 5.81. The van der Waals surface area contributed by atoms with Crippen molar-refractivity contribution in [3.8, 4) is 0 Å². The highest BCUT2D eigenvalue weighted by Gasteiger charge is 2.20. The maximum atomic E-state index is 11.5. The second-order valence-electron chi connectivity index (χ2n) is 5.31. The lowest BCUT2D eigenvalue weighted by molar-refractivity contribution is -0.128. The fraction of sp³-hybridized carbons (Fsp3) is 0.833. The lowest BCUT2D eigenvalue weighted by atomic mass is 9.96. The van der Waals surface area contributed by atoms with Crippen LogP contribution in [-0.2, 0) is 9.59 Å². The predicted molar refractivity (Wildman–Crippen MR) is 68.4 cm³/mol. The van der Waals surface area contributed by atoms with E-state index in [0.717, 1.165) is 0 Å². The molecule has 0 rings (SSSR count). The monoisotopic (exact) mass is 243 g/mol. The van der Waals surface area contributed by atoms with Crippen LogP contribution in [0, 0.1) is 5.41 Å². The van der Waals surface area contributed by atoms with Crippen LogP contribution in [0.4, 0.5) is 0 Å². The van der Waals surface area contributed by atoms with Gasteiger partial charge in [-0.2, -0.15) is 0 Å². The van der Waals surface area contributed by atoms with Gasteiger partial charge in [0, 0.05) is 31.0 Å². The third-order valence-electron chi connectivity index (χ3n) is 2.31. The van der Waals surface area contributed by atoms with Crippen molar-refractivity contribution in [2.45, 2.75) is 46.6 Å². The molecule has 0 bridgehead atoms. The standard InChI is InChI=1S/C12H25N3O2/c1-9(8-13)15-10(16)6-5-7-14-11(17)12(2,3)4/h9H,5-8,13H2,1-4H3,(H,14,17)(H,15,16)/t9-/m0/s1. The summed E-state index contributed by atoms with van der Waals surface area (Å²) in [6.07, 6.45) is 1.06. The Morgan fingerprint density at radius 3 is 2.35 bits per heavy atom. The molecule has 4 N–H and O–H groups in total. The van der Waals surface area contributed by atoms with E-state index in [-0.39, 0.29) is 23.3 Å². The molecule has 0 radical (unpaired) electrons. The van der Waals surface area contributed by atoms with Crippen molar-refractivity contribution in [2.75, 3.05) is 13.1 Å². The smallest absolute Gasteiger partial charge is 0.225 e. The van der Waals surface area contributed by atoms with Gasteiger partial charge in [0.05, 0.1) is 0 Å². The summed E-state index contributed by atoms with van der Waals surface area (Å²) in [5.74, 6) is -0.0128. The van der Waals surface area contributed by atoms with Crippen molar-refractivity contribution >= 4 is 11.8 Å². The van der Waals surface area contributed by atoms with E-state index >= 15 is 0 Å². The topological polar surface area (TPSA) is 84.2 Å². The molecule has 100 valence electrons. The van der Waals surface area contributed by atoms with Gasteiger partial charge in [0.15, 0.2) is 0 Å². The highest BCUT2D eigenvalue weighted by atomic mass is 16.2. The number of nitrogens with one attached hydrogen (secondary N) is 2. The normalized spacial score (nSPS) is 13.0. The molecular weight excluding hydrogens is 218 g/mol. The molecule has 0 aromatic heterocycles. The van der Waals surface area contributed by atoms with E-state index in [4.69, 9.17) is 5.73 Å². The molecule has 1 atom stereocenters. The molecule has 2 amide bonds. The van der Waals surface area contributed by atoms with Crippen LogP contribution in [0.15, 0.2) is 0 Å². The van der Waals surface area contributed by atoms with E-state index < -0.39 is 0 Å². The molecule has 5 nitrogen and oxygen atoms in total. The van der Waals surface area contributed by atoms with Crippen molar-refractivity contribution in [3.05, 3.63) is 0 Å². The molecule has 0 aliphatic carbocycles. The fourth-order valence-electron chi connectivity index (χ4n) is 1.12. The Bertz CT molecular complexity index is 259. The zero-order valence-electron chi connectivity index (χ0n) is 11.3. The zero-order valence-corrected chi connectivity index (χ0v) is 11.3. The molecule has 0 aliphatic heterocycles. The molecule has 0 heterocycles. The van der Waals surface area contributed by atoms with Gasteiger partial charge in [-0.15, -0.1) is 0 Å². The molecule has 0 aliphatic rings. The van der Waals surface area contributed by atoms with Crippen LogP contribution in [0.2, 0.25) is 0 Å². The maximum absolute atomic E-state index is 11.5. The maximum Gasteiger partial charge on any atom is 0.225 e. The Labute approximate surface area is 104 Å². The molecular formula is C12H25N3O2. The van der Waals surface area contributed by atoms with Gasteiger partial charge < -0.3 is 16.4 Å². The van der Waals surface area contributed by atoms with Crippen molar-refractivity contribution in [1.82, 2.24) is 10.6 Å². The third kappa shape index (κ3) is 7.74. The van der Waals surface area contributed by atoms with Crippen LogP contribution in [0.3, 0.4) is 0 Å². The SMILES string of the molecule is C[C@@H](CN)NC(=O)CCCNC(=O)C(C)(C)C. The molecule has 5 heteroatoms.